The summed E-state index contributed by atoms with van der Waals surface area (Å²) in [5.41, 5.74) is 0.662. The molecule has 0 bridgehead atoms. The highest BCUT2D eigenvalue weighted by Crippen LogP contribution is 2.33. The highest BCUT2D eigenvalue weighted by molar-refractivity contribution is 7.08. The van der Waals surface area contributed by atoms with E-state index in [0.717, 1.165) is 16.9 Å². The lowest BCUT2D eigenvalue weighted by Gasteiger charge is -2.23. The molecule has 0 saturated carbocycles. The van der Waals surface area contributed by atoms with Crippen molar-refractivity contribution >= 4 is 17.2 Å². The summed E-state index contributed by atoms with van der Waals surface area (Å²) in [6.07, 6.45) is 0. The molecule has 2 aromatic rings. The fourth-order valence-corrected chi connectivity index (χ4v) is 3.22. The van der Waals surface area contributed by atoms with Crippen molar-refractivity contribution in [1.82, 2.24) is 5.32 Å². The van der Waals surface area contributed by atoms with E-state index in [2.05, 4.69) is 5.32 Å². The maximum absolute atomic E-state index is 12.3. The Morgan fingerprint density at radius 2 is 2.29 bits per heavy atom. The van der Waals surface area contributed by atoms with Gasteiger partial charge in [-0.1, -0.05) is 18.2 Å². The van der Waals surface area contributed by atoms with Gasteiger partial charge in [-0.25, -0.2) is 0 Å². The smallest absolute Gasteiger partial charge is 0.231 e. The van der Waals surface area contributed by atoms with Gasteiger partial charge in [0.2, 0.25) is 5.91 Å². The van der Waals surface area contributed by atoms with E-state index < -0.39 is 5.60 Å². The van der Waals surface area contributed by atoms with Crippen LogP contribution in [-0.2, 0) is 10.4 Å². The molecule has 0 radical (unpaired) electrons. The molecule has 0 fully saturated rings. The Hall–Kier alpha value is -1.85. The van der Waals surface area contributed by atoms with Crippen LogP contribution in [0, 0.1) is 0 Å². The Kier molecular flexibility index (Phi) is 3.69. The molecule has 1 amide bonds. The van der Waals surface area contributed by atoms with E-state index in [4.69, 9.17) is 4.74 Å². The summed E-state index contributed by atoms with van der Waals surface area (Å²) in [5, 5.41) is 17.1. The summed E-state index contributed by atoms with van der Waals surface area (Å²) < 4.78 is 5.51. The molecular formula is C16H17NO3S. The molecule has 5 heteroatoms. The zero-order valence-corrected chi connectivity index (χ0v) is 12.5. The summed E-state index contributed by atoms with van der Waals surface area (Å²) in [7, 11) is 0. The second-order valence-electron chi connectivity index (χ2n) is 5.41. The molecule has 1 aromatic carbocycles. The molecule has 1 aliphatic heterocycles. The lowest BCUT2D eigenvalue weighted by atomic mass is 9.97. The first-order chi connectivity index (χ1) is 10.1. The topological polar surface area (TPSA) is 58.6 Å². The molecule has 2 heterocycles. The zero-order chi connectivity index (χ0) is 14.9. The number of carbonyl (C=O) groups is 1. The fourth-order valence-electron chi connectivity index (χ4n) is 2.44. The number of fused-ring (bicyclic) bond motifs is 1. The Morgan fingerprint density at radius 3 is 3.05 bits per heavy atom. The molecule has 0 spiro atoms. The van der Waals surface area contributed by atoms with E-state index in [1.165, 1.54) is 11.3 Å². The lowest BCUT2D eigenvalue weighted by molar-refractivity contribution is -0.124. The maximum atomic E-state index is 12.3. The first kappa shape index (κ1) is 14.1. The van der Waals surface area contributed by atoms with Gasteiger partial charge < -0.3 is 15.2 Å². The van der Waals surface area contributed by atoms with Gasteiger partial charge >= 0.3 is 0 Å². The van der Waals surface area contributed by atoms with E-state index in [9.17, 15) is 9.90 Å². The van der Waals surface area contributed by atoms with E-state index in [-0.39, 0.29) is 18.4 Å². The van der Waals surface area contributed by atoms with Crippen molar-refractivity contribution in [3.63, 3.8) is 0 Å². The van der Waals surface area contributed by atoms with Gasteiger partial charge in [0.1, 0.15) is 23.9 Å². The van der Waals surface area contributed by atoms with Crippen LogP contribution in [0.1, 0.15) is 24.0 Å². The van der Waals surface area contributed by atoms with E-state index in [1.807, 2.05) is 41.1 Å². The van der Waals surface area contributed by atoms with Crippen LogP contribution < -0.4 is 10.1 Å². The minimum atomic E-state index is -1.06. The number of amides is 1. The third-order valence-corrected chi connectivity index (χ3v) is 4.45. The van der Waals surface area contributed by atoms with Crippen molar-refractivity contribution in [2.24, 2.45) is 0 Å². The van der Waals surface area contributed by atoms with Crippen molar-refractivity contribution in [3.05, 3.63) is 52.2 Å². The number of thiophene rings is 1. The minimum absolute atomic E-state index is 0.115. The van der Waals surface area contributed by atoms with Crippen LogP contribution in [0.2, 0.25) is 0 Å². The molecule has 21 heavy (non-hydrogen) atoms. The highest BCUT2D eigenvalue weighted by Gasteiger charge is 2.32. The second kappa shape index (κ2) is 5.50. The van der Waals surface area contributed by atoms with E-state index in [1.54, 1.807) is 6.92 Å². The Morgan fingerprint density at radius 1 is 1.48 bits per heavy atom. The molecule has 0 aliphatic carbocycles. The Bertz CT molecular complexity index is 637. The van der Waals surface area contributed by atoms with Gasteiger partial charge in [0, 0.05) is 5.56 Å². The summed E-state index contributed by atoms with van der Waals surface area (Å²) in [6.45, 7) is 2.24. The van der Waals surface area contributed by atoms with Crippen LogP contribution >= 0.6 is 11.3 Å². The first-order valence-corrected chi connectivity index (χ1v) is 7.77. The number of hydrogen-bond acceptors (Lipinski definition) is 4. The second-order valence-corrected chi connectivity index (χ2v) is 6.19. The molecule has 2 unspecified atom stereocenters. The minimum Gasteiger partial charge on any atom is -0.492 e. The van der Waals surface area contributed by atoms with Crippen LogP contribution in [0.25, 0.3) is 0 Å². The van der Waals surface area contributed by atoms with Gasteiger partial charge in [-0.05, 0) is 35.4 Å². The van der Waals surface area contributed by atoms with Crippen LogP contribution in [0.3, 0.4) is 0 Å². The summed E-state index contributed by atoms with van der Waals surface area (Å²) in [5.74, 6) is 0.345. The Balaban J connectivity index is 1.66. The molecule has 110 valence electrons. The van der Waals surface area contributed by atoms with Gasteiger partial charge in [-0.15, -0.1) is 0 Å². The van der Waals surface area contributed by atoms with Gasteiger partial charge in [0.05, 0.1) is 6.54 Å². The van der Waals surface area contributed by atoms with Crippen LogP contribution in [-0.4, -0.2) is 24.2 Å². The first-order valence-electron chi connectivity index (χ1n) is 6.82. The van der Waals surface area contributed by atoms with Crippen molar-refractivity contribution in [2.45, 2.75) is 18.4 Å². The number of ether oxygens (including phenoxy) is 1. The third-order valence-electron chi connectivity index (χ3n) is 3.77. The number of carbonyl (C=O) groups excluding carboxylic acids is 1. The average molecular weight is 303 g/mol. The number of rotatable bonds is 4. The molecule has 1 aromatic heterocycles. The van der Waals surface area contributed by atoms with Gasteiger partial charge in [-0.2, -0.15) is 11.3 Å². The summed E-state index contributed by atoms with van der Waals surface area (Å²) in [4.78, 5) is 12.3. The quantitative estimate of drug-likeness (QED) is 0.911. The van der Waals surface area contributed by atoms with Crippen LogP contribution in [0.15, 0.2) is 41.1 Å². The number of nitrogens with one attached hydrogen (secondary N) is 1. The third kappa shape index (κ3) is 2.80. The molecule has 2 atom stereocenters. The monoisotopic (exact) mass is 303 g/mol. The van der Waals surface area contributed by atoms with Crippen molar-refractivity contribution in [3.8, 4) is 5.75 Å². The molecule has 2 N–H and O–H groups in total. The Labute approximate surface area is 127 Å². The van der Waals surface area contributed by atoms with E-state index in [0.29, 0.717) is 6.61 Å². The summed E-state index contributed by atoms with van der Waals surface area (Å²) >= 11 is 1.52. The predicted octanol–water partition coefficient (Wildman–Crippen LogP) is 2.25. The number of aliphatic hydroxyl groups is 1. The summed E-state index contributed by atoms with van der Waals surface area (Å²) in [6, 6.07) is 9.42. The van der Waals surface area contributed by atoms with Gasteiger partial charge in [-0.3, -0.25) is 4.79 Å². The van der Waals surface area contributed by atoms with Crippen LogP contribution in [0.4, 0.5) is 0 Å². The predicted molar refractivity (Wildman–Crippen MR) is 81.6 cm³/mol. The largest absolute Gasteiger partial charge is 0.492 e. The fraction of sp³-hybridized carbons (Fsp3) is 0.312. The number of para-hydroxylation sites is 1. The standard InChI is InChI=1S/C16H17NO3S/c1-16(19,11-6-7-21-9-11)10-17-15(18)13-8-20-14-5-3-2-4-12(13)14/h2-7,9,13,19H,8,10H2,1H3,(H,17,18). The maximum Gasteiger partial charge on any atom is 0.231 e. The van der Waals surface area contributed by atoms with Crippen molar-refractivity contribution < 1.29 is 14.6 Å². The zero-order valence-electron chi connectivity index (χ0n) is 11.7. The molecule has 0 saturated heterocycles. The molecule has 4 nitrogen and oxygen atoms in total. The van der Waals surface area contributed by atoms with E-state index >= 15 is 0 Å². The number of benzene rings is 1. The lowest BCUT2D eigenvalue weighted by Crippen LogP contribution is -2.40. The molecular weight excluding hydrogens is 286 g/mol. The normalized spacial score (nSPS) is 19.4. The molecule has 3 rings (SSSR count). The van der Waals surface area contributed by atoms with Gasteiger partial charge in [0.15, 0.2) is 0 Å². The SMILES string of the molecule is CC(O)(CNC(=O)C1COc2ccccc21)c1ccsc1. The number of hydrogen-bond donors (Lipinski definition) is 2. The highest BCUT2D eigenvalue weighted by atomic mass is 32.1. The van der Waals surface area contributed by atoms with Crippen LogP contribution in [0.5, 0.6) is 5.75 Å². The van der Waals surface area contributed by atoms with Crippen molar-refractivity contribution in [1.29, 1.82) is 0 Å². The van der Waals surface area contributed by atoms with Gasteiger partial charge in [0.25, 0.3) is 0 Å². The molecule has 1 aliphatic rings. The van der Waals surface area contributed by atoms with Crippen molar-refractivity contribution in [2.75, 3.05) is 13.2 Å². The average Bonchev–Trinajstić information content (AvgIpc) is 3.14.